The molecule has 0 fully saturated rings. The smallest absolute Gasteiger partial charge is 0.0541 e. The predicted octanol–water partition coefficient (Wildman–Crippen LogP) is 13.0. The Hall–Kier alpha value is -6.84. The SMILES string of the molecule is c1ccc(N(c2ccccc2)c2cc(-c3ccc4c(c3)c3ccccc3n4-c3ccccc3)cc(-n3c4ccccc4c4ccccc43)c2)cc1. The summed E-state index contributed by atoms with van der Waals surface area (Å²) in [4.78, 5) is 2.36. The van der Waals surface area contributed by atoms with E-state index in [0.717, 1.165) is 34.0 Å². The quantitative estimate of drug-likeness (QED) is 0.174. The predicted molar refractivity (Wildman–Crippen MR) is 215 cm³/mol. The van der Waals surface area contributed by atoms with E-state index in [0.29, 0.717) is 0 Å². The number of hydrogen-bond donors (Lipinski definition) is 0. The molecule has 3 nitrogen and oxygen atoms in total. The molecule has 51 heavy (non-hydrogen) atoms. The van der Waals surface area contributed by atoms with E-state index in [4.69, 9.17) is 0 Å². The lowest BCUT2D eigenvalue weighted by Gasteiger charge is -2.27. The fourth-order valence-electron chi connectivity index (χ4n) is 7.83. The normalized spacial score (nSPS) is 11.5. The van der Waals surface area contributed by atoms with Gasteiger partial charge in [0.15, 0.2) is 0 Å². The lowest BCUT2D eigenvalue weighted by Crippen LogP contribution is -2.10. The summed E-state index contributed by atoms with van der Waals surface area (Å²) in [6, 6.07) is 72.2. The van der Waals surface area contributed by atoms with Gasteiger partial charge in [0.1, 0.15) is 0 Å². The zero-order valence-corrected chi connectivity index (χ0v) is 27.9. The standard InChI is InChI=1S/C48H33N3/c1-4-16-36(17-5-1)49(37-18-6-2-7-19-37)39-30-35(31-40(33-39)51-45-25-13-10-22-41(45)42-23-11-14-26-46(42)51)34-28-29-48-44(32-34)43-24-12-15-27-47(43)50(48)38-20-8-3-9-21-38/h1-33H. The summed E-state index contributed by atoms with van der Waals surface area (Å²) in [5, 5.41) is 4.97. The van der Waals surface area contributed by atoms with Gasteiger partial charge in [-0.1, -0.05) is 115 Å². The largest absolute Gasteiger partial charge is 0.310 e. The van der Waals surface area contributed by atoms with Crippen LogP contribution in [0.3, 0.4) is 0 Å². The Kier molecular flexibility index (Phi) is 6.81. The minimum atomic E-state index is 1.09. The number of rotatable bonds is 6. The van der Waals surface area contributed by atoms with Crippen LogP contribution in [-0.2, 0) is 0 Å². The third-order valence-corrected chi connectivity index (χ3v) is 10.0. The summed E-state index contributed by atoms with van der Waals surface area (Å²) in [7, 11) is 0. The van der Waals surface area contributed by atoms with Gasteiger partial charge in [-0.15, -0.1) is 0 Å². The van der Waals surface area contributed by atoms with Crippen LogP contribution in [0.25, 0.3) is 66.1 Å². The fraction of sp³-hybridized carbons (Fsp3) is 0. The van der Waals surface area contributed by atoms with E-state index in [1.165, 1.54) is 49.2 Å². The second-order valence-electron chi connectivity index (χ2n) is 13.0. The van der Waals surface area contributed by atoms with Crippen molar-refractivity contribution >= 4 is 60.7 Å². The van der Waals surface area contributed by atoms with Crippen LogP contribution in [0.4, 0.5) is 17.1 Å². The lowest BCUT2D eigenvalue weighted by atomic mass is 10.0. The first-order valence-corrected chi connectivity index (χ1v) is 17.4. The maximum Gasteiger partial charge on any atom is 0.0541 e. The molecule has 0 amide bonds. The molecule has 240 valence electrons. The molecule has 0 aliphatic heterocycles. The molecule has 0 saturated heterocycles. The number of aromatic nitrogens is 2. The molecule has 0 spiro atoms. The van der Waals surface area contributed by atoms with Gasteiger partial charge in [-0.2, -0.15) is 0 Å². The van der Waals surface area contributed by atoms with Gasteiger partial charge in [-0.05, 0) is 96.1 Å². The molecule has 2 aromatic heterocycles. The molecule has 0 bridgehead atoms. The molecule has 10 aromatic rings. The number of benzene rings is 8. The van der Waals surface area contributed by atoms with Crippen LogP contribution in [0.2, 0.25) is 0 Å². The second kappa shape index (κ2) is 11.9. The molecular formula is C48H33N3. The number of hydrogen-bond acceptors (Lipinski definition) is 1. The molecule has 2 heterocycles. The number of para-hydroxylation sites is 6. The summed E-state index contributed by atoms with van der Waals surface area (Å²) in [5.74, 6) is 0. The monoisotopic (exact) mass is 651 g/mol. The van der Waals surface area contributed by atoms with Gasteiger partial charge >= 0.3 is 0 Å². The van der Waals surface area contributed by atoms with Crippen molar-refractivity contribution in [2.75, 3.05) is 4.90 Å². The maximum atomic E-state index is 2.42. The first kappa shape index (κ1) is 29.1. The highest BCUT2D eigenvalue weighted by molar-refractivity contribution is 6.11. The van der Waals surface area contributed by atoms with Gasteiger partial charge in [-0.3, -0.25) is 0 Å². The van der Waals surface area contributed by atoms with Crippen LogP contribution < -0.4 is 4.90 Å². The Morgan fingerprint density at radius 1 is 0.275 bits per heavy atom. The Labute approximate surface area is 296 Å². The van der Waals surface area contributed by atoms with E-state index < -0.39 is 0 Å². The zero-order valence-electron chi connectivity index (χ0n) is 27.9. The minimum absolute atomic E-state index is 1.09. The maximum absolute atomic E-state index is 2.42. The van der Waals surface area contributed by atoms with E-state index in [9.17, 15) is 0 Å². The molecule has 0 atom stereocenters. The molecule has 10 rings (SSSR count). The Bertz CT molecular complexity index is 2750. The van der Waals surface area contributed by atoms with Crippen molar-refractivity contribution in [3.05, 3.63) is 200 Å². The van der Waals surface area contributed by atoms with Gasteiger partial charge in [0.2, 0.25) is 0 Å². The van der Waals surface area contributed by atoms with Crippen LogP contribution in [0.15, 0.2) is 200 Å². The molecule has 8 aromatic carbocycles. The van der Waals surface area contributed by atoms with Crippen LogP contribution >= 0.6 is 0 Å². The molecule has 0 saturated carbocycles. The van der Waals surface area contributed by atoms with Crippen LogP contribution in [0.5, 0.6) is 0 Å². The van der Waals surface area contributed by atoms with Crippen molar-refractivity contribution in [2.24, 2.45) is 0 Å². The highest BCUT2D eigenvalue weighted by Gasteiger charge is 2.19. The first-order chi connectivity index (χ1) is 25.3. The van der Waals surface area contributed by atoms with E-state index in [2.05, 4.69) is 214 Å². The average Bonchev–Trinajstić information content (AvgIpc) is 3.72. The van der Waals surface area contributed by atoms with Crippen LogP contribution in [0.1, 0.15) is 0 Å². The van der Waals surface area contributed by atoms with E-state index in [1.807, 2.05) is 0 Å². The van der Waals surface area contributed by atoms with Gasteiger partial charge in [0.05, 0.1) is 22.1 Å². The summed E-state index contributed by atoms with van der Waals surface area (Å²) in [5.41, 5.74) is 12.7. The van der Waals surface area contributed by atoms with E-state index in [1.54, 1.807) is 0 Å². The van der Waals surface area contributed by atoms with Crippen molar-refractivity contribution in [1.82, 2.24) is 9.13 Å². The highest BCUT2D eigenvalue weighted by Crippen LogP contribution is 2.42. The summed E-state index contributed by atoms with van der Waals surface area (Å²) >= 11 is 0. The average molecular weight is 652 g/mol. The Balaban J connectivity index is 1.26. The van der Waals surface area contributed by atoms with Crippen molar-refractivity contribution in [3.8, 4) is 22.5 Å². The lowest BCUT2D eigenvalue weighted by molar-refractivity contribution is 1.17. The van der Waals surface area contributed by atoms with Crippen molar-refractivity contribution in [3.63, 3.8) is 0 Å². The Morgan fingerprint density at radius 3 is 1.29 bits per heavy atom. The first-order valence-electron chi connectivity index (χ1n) is 17.4. The summed E-state index contributed by atoms with van der Waals surface area (Å²) < 4.78 is 4.80. The second-order valence-corrected chi connectivity index (χ2v) is 13.0. The number of nitrogens with zero attached hydrogens (tertiary/aromatic N) is 3. The van der Waals surface area contributed by atoms with Gasteiger partial charge < -0.3 is 14.0 Å². The van der Waals surface area contributed by atoms with Crippen LogP contribution in [-0.4, -0.2) is 9.13 Å². The number of anilines is 3. The van der Waals surface area contributed by atoms with E-state index in [-0.39, 0.29) is 0 Å². The van der Waals surface area contributed by atoms with Gasteiger partial charge in [-0.25, -0.2) is 0 Å². The molecule has 0 radical (unpaired) electrons. The third-order valence-electron chi connectivity index (χ3n) is 10.0. The summed E-state index contributed by atoms with van der Waals surface area (Å²) in [6.07, 6.45) is 0. The summed E-state index contributed by atoms with van der Waals surface area (Å²) in [6.45, 7) is 0. The third kappa shape index (κ3) is 4.82. The molecule has 0 unspecified atom stereocenters. The molecule has 3 heteroatoms. The van der Waals surface area contributed by atoms with E-state index >= 15 is 0 Å². The minimum Gasteiger partial charge on any atom is -0.310 e. The van der Waals surface area contributed by atoms with Crippen molar-refractivity contribution in [2.45, 2.75) is 0 Å². The van der Waals surface area contributed by atoms with Crippen molar-refractivity contribution < 1.29 is 0 Å². The fourth-order valence-corrected chi connectivity index (χ4v) is 7.83. The van der Waals surface area contributed by atoms with Gasteiger partial charge in [0.25, 0.3) is 0 Å². The van der Waals surface area contributed by atoms with Crippen LogP contribution in [0, 0.1) is 0 Å². The van der Waals surface area contributed by atoms with Gasteiger partial charge in [0, 0.05) is 50.0 Å². The molecule has 0 aliphatic carbocycles. The molecule has 0 aliphatic rings. The molecular weight excluding hydrogens is 619 g/mol. The molecule has 0 N–H and O–H groups in total. The highest BCUT2D eigenvalue weighted by atomic mass is 15.1. The number of fused-ring (bicyclic) bond motifs is 6. The topological polar surface area (TPSA) is 13.1 Å². The van der Waals surface area contributed by atoms with Crippen molar-refractivity contribution in [1.29, 1.82) is 0 Å². The Morgan fingerprint density at radius 2 is 0.725 bits per heavy atom. The zero-order chi connectivity index (χ0) is 33.7.